The fourth-order valence-electron chi connectivity index (χ4n) is 1.07. The van der Waals surface area contributed by atoms with Crippen molar-refractivity contribution in [2.24, 2.45) is 0 Å². The van der Waals surface area contributed by atoms with Crippen LogP contribution in [0.25, 0.3) is 0 Å². The van der Waals surface area contributed by atoms with E-state index in [4.69, 9.17) is 23.7 Å². The van der Waals surface area contributed by atoms with Crippen molar-refractivity contribution in [3.05, 3.63) is 0 Å². The second-order valence-corrected chi connectivity index (χ2v) is 8.91. The van der Waals surface area contributed by atoms with Crippen LogP contribution in [0, 0.1) is 0 Å². The fraction of sp³-hybridized carbons (Fsp3) is 1.00. The molecule has 1 saturated heterocycles. The van der Waals surface area contributed by atoms with Crippen LogP contribution in [0.3, 0.4) is 0 Å². The number of hydrogen-bond donors (Lipinski definition) is 3. The molecule has 5 nitrogen and oxygen atoms in total. The predicted molar refractivity (Wildman–Crippen MR) is 51.7 cm³/mol. The monoisotopic (exact) mass is 228 g/mol. The summed E-state index contributed by atoms with van der Waals surface area (Å²) in [7, 11) is -5.73. The largest absolute Gasteiger partial charge is 0.466 e. The van der Waals surface area contributed by atoms with Gasteiger partial charge < -0.3 is 19.1 Å². The standard InChI is InChI=1S/C6H14OSi.H3O4P/c1-8(2)6-4-3-5-7-8;1-5(2,3)4/h3-6H2,1-2H3;(H3,1,2,3,4). The number of rotatable bonds is 0. The van der Waals surface area contributed by atoms with Gasteiger partial charge in [-0.1, -0.05) is 6.42 Å². The van der Waals surface area contributed by atoms with Crippen LogP contribution in [0.1, 0.15) is 12.8 Å². The molecule has 1 aliphatic rings. The Morgan fingerprint density at radius 3 is 1.85 bits per heavy atom. The molecular weight excluding hydrogens is 211 g/mol. The van der Waals surface area contributed by atoms with Crippen LogP contribution < -0.4 is 0 Å². The third-order valence-electron chi connectivity index (χ3n) is 1.67. The van der Waals surface area contributed by atoms with Crippen molar-refractivity contribution >= 4 is 16.1 Å². The molecule has 0 spiro atoms. The highest BCUT2D eigenvalue weighted by molar-refractivity contribution is 7.45. The van der Waals surface area contributed by atoms with E-state index >= 15 is 0 Å². The van der Waals surface area contributed by atoms with Crippen molar-refractivity contribution in [1.29, 1.82) is 0 Å². The summed E-state index contributed by atoms with van der Waals surface area (Å²) in [6.45, 7) is 5.62. The Balaban J connectivity index is 0.000000252. The predicted octanol–water partition coefficient (Wildman–Crippen LogP) is 1.07. The van der Waals surface area contributed by atoms with Gasteiger partial charge in [0.15, 0.2) is 8.32 Å². The van der Waals surface area contributed by atoms with Gasteiger partial charge in [0.1, 0.15) is 0 Å². The van der Waals surface area contributed by atoms with Gasteiger partial charge in [-0.3, -0.25) is 0 Å². The minimum Gasteiger partial charge on any atom is -0.417 e. The minimum atomic E-state index is -4.64. The summed E-state index contributed by atoms with van der Waals surface area (Å²) in [5.41, 5.74) is 0. The van der Waals surface area contributed by atoms with Crippen LogP contribution in [0.5, 0.6) is 0 Å². The maximum absolute atomic E-state index is 8.88. The zero-order chi connectivity index (χ0) is 10.5. The van der Waals surface area contributed by atoms with Gasteiger partial charge in [0.25, 0.3) is 0 Å². The first-order chi connectivity index (χ1) is 5.71. The van der Waals surface area contributed by atoms with Crippen LogP contribution in [-0.4, -0.2) is 29.6 Å². The molecule has 3 N–H and O–H groups in total. The quantitative estimate of drug-likeness (QED) is 0.426. The normalized spacial score (nSPS) is 21.6. The highest BCUT2D eigenvalue weighted by Crippen LogP contribution is 2.25. The molecule has 0 unspecified atom stereocenters. The van der Waals surface area contributed by atoms with Crippen molar-refractivity contribution in [3.63, 3.8) is 0 Å². The summed E-state index contributed by atoms with van der Waals surface area (Å²) in [4.78, 5) is 21.6. The smallest absolute Gasteiger partial charge is 0.417 e. The molecule has 0 amide bonds. The molecule has 0 aromatic heterocycles. The summed E-state index contributed by atoms with van der Waals surface area (Å²) in [6.07, 6.45) is 2.69. The zero-order valence-electron chi connectivity index (χ0n) is 7.93. The molecule has 0 aromatic carbocycles. The number of hydrogen-bond acceptors (Lipinski definition) is 2. The summed E-state index contributed by atoms with van der Waals surface area (Å²) in [6, 6.07) is 1.37. The highest BCUT2D eigenvalue weighted by Gasteiger charge is 2.24. The molecular formula is C6H17O5PSi. The Morgan fingerprint density at radius 2 is 1.69 bits per heavy atom. The molecule has 1 rings (SSSR count). The van der Waals surface area contributed by atoms with Gasteiger partial charge in [-0.15, -0.1) is 0 Å². The first-order valence-corrected chi connectivity index (χ1v) is 8.81. The molecule has 0 atom stereocenters. The second-order valence-electron chi connectivity index (χ2n) is 3.58. The maximum atomic E-state index is 8.88. The van der Waals surface area contributed by atoms with Crippen LogP contribution in [0.15, 0.2) is 0 Å². The van der Waals surface area contributed by atoms with Gasteiger partial charge in [0, 0.05) is 6.61 Å². The van der Waals surface area contributed by atoms with Crippen molar-refractivity contribution in [2.45, 2.75) is 32.0 Å². The third kappa shape index (κ3) is 12.3. The number of phosphoric acid groups is 1. The first-order valence-electron chi connectivity index (χ1n) is 4.13. The van der Waals surface area contributed by atoms with E-state index in [2.05, 4.69) is 13.1 Å². The van der Waals surface area contributed by atoms with Gasteiger partial charge in [0.2, 0.25) is 0 Å². The second kappa shape index (κ2) is 5.24. The lowest BCUT2D eigenvalue weighted by molar-refractivity contribution is 0.274. The molecule has 1 fully saturated rings. The average Bonchev–Trinajstić information content (AvgIpc) is 1.82. The molecule has 1 aliphatic heterocycles. The molecule has 1 heterocycles. The Labute approximate surface area is 79.1 Å². The van der Waals surface area contributed by atoms with E-state index in [0.29, 0.717) is 0 Å². The Hall–Kier alpha value is 0.287. The summed E-state index contributed by atoms with van der Waals surface area (Å²) >= 11 is 0. The van der Waals surface area contributed by atoms with Crippen LogP contribution >= 0.6 is 7.82 Å². The molecule has 80 valence electrons. The topological polar surface area (TPSA) is 87.0 Å². The first kappa shape index (κ1) is 13.3. The molecule has 7 heteroatoms. The lowest BCUT2D eigenvalue weighted by atomic mass is 10.4. The van der Waals surface area contributed by atoms with E-state index in [1.807, 2.05) is 0 Å². The van der Waals surface area contributed by atoms with Crippen molar-refractivity contribution in [1.82, 2.24) is 0 Å². The van der Waals surface area contributed by atoms with Crippen molar-refractivity contribution < 1.29 is 23.7 Å². The maximum Gasteiger partial charge on any atom is 0.466 e. The van der Waals surface area contributed by atoms with E-state index in [-0.39, 0.29) is 0 Å². The zero-order valence-corrected chi connectivity index (χ0v) is 9.83. The Kier molecular flexibility index (Phi) is 5.35. The van der Waals surface area contributed by atoms with Crippen LogP contribution in [0.2, 0.25) is 19.1 Å². The molecule has 0 aliphatic carbocycles. The van der Waals surface area contributed by atoms with E-state index in [9.17, 15) is 0 Å². The lowest BCUT2D eigenvalue weighted by Gasteiger charge is -2.27. The van der Waals surface area contributed by atoms with Crippen LogP contribution in [-0.2, 0) is 8.99 Å². The average molecular weight is 228 g/mol. The van der Waals surface area contributed by atoms with E-state index in [0.717, 1.165) is 6.61 Å². The SMILES string of the molecule is C[Si]1(C)CCCCO1.O=P(O)(O)O. The van der Waals surface area contributed by atoms with Crippen molar-refractivity contribution in [3.8, 4) is 0 Å². The molecule has 13 heavy (non-hydrogen) atoms. The third-order valence-corrected chi connectivity index (χ3v) is 4.21. The van der Waals surface area contributed by atoms with Gasteiger partial charge >= 0.3 is 7.82 Å². The van der Waals surface area contributed by atoms with Gasteiger partial charge in [-0.25, -0.2) is 4.57 Å². The van der Waals surface area contributed by atoms with Gasteiger partial charge in [0.05, 0.1) is 0 Å². The fourth-order valence-corrected chi connectivity index (χ4v) is 3.02. The Morgan fingerprint density at radius 1 is 1.23 bits per heavy atom. The van der Waals surface area contributed by atoms with Crippen molar-refractivity contribution in [2.75, 3.05) is 6.61 Å². The Bertz CT molecular complexity index is 173. The van der Waals surface area contributed by atoms with Gasteiger partial charge in [-0.05, 0) is 25.6 Å². The minimum absolute atomic E-state index is 1.03. The summed E-state index contributed by atoms with van der Waals surface area (Å²) in [5, 5.41) is 0. The van der Waals surface area contributed by atoms with Gasteiger partial charge in [-0.2, -0.15) is 0 Å². The summed E-state index contributed by atoms with van der Waals surface area (Å²) in [5.74, 6) is 0. The highest BCUT2D eigenvalue weighted by atomic mass is 31.2. The van der Waals surface area contributed by atoms with E-state index in [1.165, 1.54) is 18.9 Å². The molecule has 0 bridgehead atoms. The van der Waals surface area contributed by atoms with Crippen LogP contribution in [0.4, 0.5) is 0 Å². The molecule has 0 aromatic rings. The lowest BCUT2D eigenvalue weighted by Crippen LogP contribution is -2.33. The molecule has 0 saturated carbocycles. The molecule has 0 radical (unpaired) electrons. The van der Waals surface area contributed by atoms with E-state index in [1.54, 1.807) is 0 Å². The van der Waals surface area contributed by atoms with E-state index < -0.39 is 16.1 Å². The summed E-state index contributed by atoms with van der Waals surface area (Å²) < 4.78 is 14.5.